The Morgan fingerprint density at radius 3 is 2.17 bits per heavy atom. The highest BCUT2D eigenvalue weighted by molar-refractivity contribution is 5.97. The molecule has 2 aliphatic rings. The Bertz CT molecular complexity index is 1350. The second-order valence-corrected chi connectivity index (χ2v) is 11.6. The number of anilines is 1. The maximum Gasteiger partial charge on any atom is 0.253 e. The number of rotatable bonds is 10. The van der Waals surface area contributed by atoms with Gasteiger partial charge in [0.25, 0.3) is 11.8 Å². The highest BCUT2D eigenvalue weighted by Gasteiger charge is 2.54. The molecule has 1 N–H and O–H groups in total. The minimum atomic E-state index is -0.785. The number of amides is 3. The minimum Gasteiger partial charge on any atom is -0.348 e. The number of aryl methyl sites for hydroxylation is 1. The van der Waals surface area contributed by atoms with Gasteiger partial charge < -0.3 is 20.0 Å². The second-order valence-electron chi connectivity index (χ2n) is 11.6. The summed E-state index contributed by atoms with van der Waals surface area (Å²) in [6.07, 6.45) is 5.63. The zero-order chi connectivity index (χ0) is 29.5. The van der Waals surface area contributed by atoms with E-state index in [1.54, 1.807) is 4.90 Å². The van der Waals surface area contributed by atoms with Crippen molar-refractivity contribution in [1.29, 1.82) is 0 Å². The lowest BCUT2D eigenvalue weighted by Crippen LogP contribution is -2.57. The number of para-hydroxylation sites is 1. The molecule has 220 valence electrons. The molecule has 1 spiro atoms. The van der Waals surface area contributed by atoms with Crippen molar-refractivity contribution in [1.82, 2.24) is 15.1 Å². The predicted molar refractivity (Wildman–Crippen MR) is 166 cm³/mol. The van der Waals surface area contributed by atoms with E-state index in [4.69, 9.17) is 0 Å². The van der Waals surface area contributed by atoms with Gasteiger partial charge in [-0.25, -0.2) is 0 Å². The first-order valence-electron chi connectivity index (χ1n) is 15.3. The molecule has 5 rings (SSSR count). The first-order chi connectivity index (χ1) is 20.4. The third kappa shape index (κ3) is 6.35. The summed E-state index contributed by atoms with van der Waals surface area (Å²) in [7, 11) is 0. The maximum atomic E-state index is 14.1. The highest BCUT2D eigenvalue weighted by atomic mass is 16.2. The number of unbranched alkanes of at least 4 members (excludes halogenated alkanes) is 2. The molecule has 3 aromatic rings. The molecule has 1 unspecified atom stereocenters. The van der Waals surface area contributed by atoms with E-state index >= 15 is 0 Å². The Balaban J connectivity index is 1.26. The SMILES string of the molecule is CCCCCc1ccc(C(=O)N2CCC3(CC2)C(=O)N(CC(=O)NC(C)c2ccccc2)CN3c2ccccc2)cc1. The highest BCUT2D eigenvalue weighted by Crippen LogP contribution is 2.39. The molecule has 1 atom stereocenters. The molecule has 3 amide bonds. The Labute approximate surface area is 249 Å². The lowest BCUT2D eigenvalue weighted by molar-refractivity contribution is -0.137. The van der Waals surface area contributed by atoms with Gasteiger partial charge in [0.1, 0.15) is 12.1 Å². The predicted octanol–water partition coefficient (Wildman–Crippen LogP) is 5.58. The molecule has 3 aromatic carbocycles. The molecule has 7 heteroatoms. The quantitative estimate of drug-likeness (QED) is 0.326. The van der Waals surface area contributed by atoms with Crippen molar-refractivity contribution in [2.45, 2.75) is 64.0 Å². The third-order valence-electron chi connectivity index (χ3n) is 8.74. The van der Waals surface area contributed by atoms with Crippen LogP contribution in [0.5, 0.6) is 0 Å². The average Bonchev–Trinajstić information content (AvgIpc) is 3.28. The molecule has 0 radical (unpaired) electrons. The van der Waals surface area contributed by atoms with Crippen molar-refractivity contribution < 1.29 is 14.4 Å². The van der Waals surface area contributed by atoms with Crippen LogP contribution in [0.4, 0.5) is 5.69 Å². The molecule has 0 aliphatic carbocycles. The van der Waals surface area contributed by atoms with Crippen molar-refractivity contribution in [2.75, 3.05) is 31.2 Å². The van der Waals surface area contributed by atoms with Gasteiger partial charge in [0.2, 0.25) is 5.91 Å². The van der Waals surface area contributed by atoms with E-state index in [0.29, 0.717) is 38.2 Å². The summed E-state index contributed by atoms with van der Waals surface area (Å²) in [4.78, 5) is 46.2. The molecule has 2 fully saturated rings. The summed E-state index contributed by atoms with van der Waals surface area (Å²) in [6, 6.07) is 27.6. The molecule has 0 saturated carbocycles. The number of nitrogens with one attached hydrogen (secondary N) is 1. The van der Waals surface area contributed by atoms with Crippen molar-refractivity contribution in [3.05, 3.63) is 102 Å². The summed E-state index contributed by atoms with van der Waals surface area (Å²) in [5, 5.41) is 3.04. The number of hydrogen-bond acceptors (Lipinski definition) is 4. The first kappa shape index (κ1) is 29.4. The van der Waals surface area contributed by atoms with E-state index < -0.39 is 5.54 Å². The molecule has 7 nitrogen and oxygen atoms in total. The summed E-state index contributed by atoms with van der Waals surface area (Å²) in [5.74, 6) is -0.222. The van der Waals surface area contributed by atoms with Crippen molar-refractivity contribution in [2.24, 2.45) is 0 Å². The van der Waals surface area contributed by atoms with Crippen LogP contribution in [0.2, 0.25) is 0 Å². The topological polar surface area (TPSA) is 73.0 Å². The number of carbonyl (C=O) groups excluding carboxylic acids is 3. The van der Waals surface area contributed by atoms with E-state index in [1.165, 1.54) is 18.4 Å². The number of carbonyl (C=O) groups is 3. The summed E-state index contributed by atoms with van der Waals surface area (Å²) < 4.78 is 0. The smallest absolute Gasteiger partial charge is 0.253 e. The standard InChI is InChI=1S/C35H42N4O3/c1-3-4-7-12-28-17-19-30(20-18-28)33(41)37-23-21-35(22-24-37)34(42)38(26-39(35)31-15-10-6-11-16-31)25-32(40)36-27(2)29-13-8-5-9-14-29/h5-6,8-11,13-20,27H,3-4,7,12,21-26H2,1-2H3,(H,36,40). The molecular formula is C35H42N4O3. The Hall–Kier alpha value is -4.13. The number of piperidine rings is 1. The van der Waals surface area contributed by atoms with Crippen molar-refractivity contribution in [3.63, 3.8) is 0 Å². The van der Waals surface area contributed by atoms with Gasteiger partial charge in [-0.3, -0.25) is 14.4 Å². The molecular weight excluding hydrogens is 524 g/mol. The van der Waals surface area contributed by atoms with Gasteiger partial charge >= 0.3 is 0 Å². The van der Waals surface area contributed by atoms with Gasteiger partial charge in [0.05, 0.1) is 12.7 Å². The fourth-order valence-electron chi connectivity index (χ4n) is 6.26. The van der Waals surface area contributed by atoms with Crippen molar-refractivity contribution in [3.8, 4) is 0 Å². The molecule has 0 aromatic heterocycles. The number of benzene rings is 3. The van der Waals surface area contributed by atoms with Crippen LogP contribution < -0.4 is 10.2 Å². The van der Waals surface area contributed by atoms with Crippen LogP contribution in [-0.4, -0.2) is 59.4 Å². The minimum absolute atomic E-state index is 0.00562. The number of hydrogen-bond donors (Lipinski definition) is 1. The fraction of sp³-hybridized carbons (Fsp3) is 0.400. The van der Waals surface area contributed by atoms with Gasteiger partial charge in [-0.05, 0) is 68.0 Å². The molecule has 2 aliphatic heterocycles. The van der Waals surface area contributed by atoms with E-state index in [2.05, 4.69) is 29.3 Å². The Morgan fingerprint density at radius 1 is 0.881 bits per heavy atom. The molecule has 42 heavy (non-hydrogen) atoms. The largest absolute Gasteiger partial charge is 0.348 e. The van der Waals surface area contributed by atoms with Crippen LogP contribution in [0.3, 0.4) is 0 Å². The molecule has 0 bridgehead atoms. The summed E-state index contributed by atoms with van der Waals surface area (Å²) in [6.45, 7) is 5.44. The van der Waals surface area contributed by atoms with E-state index in [1.807, 2.05) is 84.6 Å². The monoisotopic (exact) mass is 566 g/mol. The normalized spacial score (nSPS) is 17.0. The average molecular weight is 567 g/mol. The lowest BCUT2D eigenvalue weighted by Gasteiger charge is -2.43. The van der Waals surface area contributed by atoms with Gasteiger partial charge in [-0.1, -0.05) is 80.4 Å². The summed E-state index contributed by atoms with van der Waals surface area (Å²) >= 11 is 0. The summed E-state index contributed by atoms with van der Waals surface area (Å²) in [5.41, 5.74) is 3.13. The van der Waals surface area contributed by atoms with Crippen LogP contribution >= 0.6 is 0 Å². The zero-order valence-electron chi connectivity index (χ0n) is 24.8. The van der Waals surface area contributed by atoms with Crippen LogP contribution in [0.25, 0.3) is 0 Å². The van der Waals surface area contributed by atoms with E-state index in [9.17, 15) is 14.4 Å². The van der Waals surface area contributed by atoms with Crippen molar-refractivity contribution >= 4 is 23.4 Å². The van der Waals surface area contributed by atoms with Gasteiger partial charge in [0, 0.05) is 24.3 Å². The second kappa shape index (κ2) is 13.2. The van der Waals surface area contributed by atoms with Gasteiger partial charge in [-0.15, -0.1) is 0 Å². The van der Waals surface area contributed by atoms with E-state index in [-0.39, 0.29) is 30.3 Å². The first-order valence-corrected chi connectivity index (χ1v) is 15.3. The van der Waals surface area contributed by atoms with Crippen LogP contribution in [-0.2, 0) is 16.0 Å². The van der Waals surface area contributed by atoms with Crippen LogP contribution in [0.15, 0.2) is 84.9 Å². The Kier molecular flexibility index (Phi) is 9.25. The Morgan fingerprint density at radius 2 is 1.52 bits per heavy atom. The van der Waals surface area contributed by atoms with Crippen LogP contribution in [0, 0.1) is 0 Å². The lowest BCUT2D eigenvalue weighted by atomic mass is 9.85. The molecule has 2 heterocycles. The zero-order valence-corrected chi connectivity index (χ0v) is 24.8. The third-order valence-corrected chi connectivity index (χ3v) is 8.74. The van der Waals surface area contributed by atoms with E-state index in [0.717, 1.165) is 24.1 Å². The number of likely N-dealkylation sites (tertiary alicyclic amines) is 1. The van der Waals surface area contributed by atoms with Gasteiger partial charge in [-0.2, -0.15) is 0 Å². The maximum absolute atomic E-state index is 14.1. The fourth-order valence-corrected chi connectivity index (χ4v) is 6.26. The van der Waals surface area contributed by atoms with Crippen LogP contribution in [0.1, 0.15) is 73.5 Å². The molecule has 2 saturated heterocycles. The van der Waals surface area contributed by atoms with Gasteiger partial charge in [0.15, 0.2) is 0 Å². The number of nitrogens with zero attached hydrogens (tertiary/aromatic N) is 3.